The molecule has 1 heterocycles. The summed E-state index contributed by atoms with van der Waals surface area (Å²) >= 11 is 0. The maximum Gasteiger partial charge on any atom is 0.321 e. The zero-order chi connectivity index (χ0) is 13.8. The van der Waals surface area contributed by atoms with Gasteiger partial charge in [0, 0.05) is 18.8 Å². The van der Waals surface area contributed by atoms with E-state index in [0.29, 0.717) is 18.8 Å². The predicted molar refractivity (Wildman–Crippen MR) is 81.5 cm³/mol. The number of amides is 3. The van der Waals surface area contributed by atoms with E-state index in [9.17, 15) is 9.59 Å². The van der Waals surface area contributed by atoms with Crippen LogP contribution >= 0.6 is 12.4 Å². The monoisotopic (exact) mass is 298 g/mol. The minimum absolute atomic E-state index is 0. The Balaban J connectivity index is 0.00000200. The molecule has 6 nitrogen and oxygen atoms in total. The van der Waals surface area contributed by atoms with Crippen molar-refractivity contribution in [2.24, 2.45) is 5.73 Å². The highest BCUT2D eigenvalue weighted by Crippen LogP contribution is 2.30. The summed E-state index contributed by atoms with van der Waals surface area (Å²) < 4.78 is 0. The van der Waals surface area contributed by atoms with Crippen molar-refractivity contribution in [2.75, 3.05) is 29.9 Å². The molecule has 7 heteroatoms. The van der Waals surface area contributed by atoms with Gasteiger partial charge in [-0.1, -0.05) is 6.07 Å². The van der Waals surface area contributed by atoms with Crippen molar-refractivity contribution < 1.29 is 9.59 Å². The van der Waals surface area contributed by atoms with E-state index in [1.165, 1.54) is 0 Å². The van der Waals surface area contributed by atoms with E-state index in [0.717, 1.165) is 17.7 Å². The lowest BCUT2D eigenvalue weighted by molar-refractivity contribution is -0.114. The maximum absolute atomic E-state index is 11.9. The molecule has 0 bridgehead atoms. The summed E-state index contributed by atoms with van der Waals surface area (Å²) in [5, 5.41) is 5.47. The summed E-state index contributed by atoms with van der Waals surface area (Å²) in [6, 6.07) is 5.46. The number of nitrogens with one attached hydrogen (secondary N) is 2. The number of rotatable bonds is 3. The average Bonchev–Trinajstić information content (AvgIpc) is 2.82. The van der Waals surface area contributed by atoms with Crippen LogP contribution in [0.15, 0.2) is 18.2 Å². The molecule has 0 saturated heterocycles. The number of nitrogens with two attached hydrogens (primary N) is 1. The molecule has 3 amide bonds. The largest absolute Gasteiger partial charge is 0.338 e. The molecule has 0 fully saturated rings. The van der Waals surface area contributed by atoms with E-state index in [4.69, 9.17) is 5.73 Å². The SMILES string of the molecule is CCNC(=O)N1CCc2ccc(NC(=O)CN)cc21.Cl. The fourth-order valence-electron chi connectivity index (χ4n) is 2.13. The van der Waals surface area contributed by atoms with Gasteiger partial charge in [0.25, 0.3) is 0 Å². The zero-order valence-corrected chi connectivity index (χ0v) is 12.1. The lowest BCUT2D eigenvalue weighted by atomic mass is 10.1. The number of halogens is 1. The van der Waals surface area contributed by atoms with Crippen LogP contribution in [0.4, 0.5) is 16.2 Å². The van der Waals surface area contributed by atoms with E-state index in [1.807, 2.05) is 25.1 Å². The Bertz CT molecular complexity index is 507. The number of nitrogens with zero attached hydrogens (tertiary/aromatic N) is 1. The molecule has 0 aliphatic carbocycles. The minimum atomic E-state index is -0.248. The van der Waals surface area contributed by atoms with Crippen molar-refractivity contribution in [3.8, 4) is 0 Å². The predicted octanol–water partition coefficient (Wildman–Crippen LogP) is 1.10. The van der Waals surface area contributed by atoms with Crippen molar-refractivity contribution in [1.82, 2.24) is 5.32 Å². The third-order valence-corrected chi connectivity index (χ3v) is 3.02. The van der Waals surface area contributed by atoms with Gasteiger partial charge in [-0.3, -0.25) is 9.69 Å². The minimum Gasteiger partial charge on any atom is -0.338 e. The molecule has 1 aromatic carbocycles. The van der Waals surface area contributed by atoms with Crippen molar-refractivity contribution in [3.05, 3.63) is 23.8 Å². The number of urea groups is 1. The van der Waals surface area contributed by atoms with Gasteiger partial charge in [0.15, 0.2) is 0 Å². The topological polar surface area (TPSA) is 87.5 Å². The fraction of sp³-hybridized carbons (Fsp3) is 0.385. The lowest BCUT2D eigenvalue weighted by Crippen LogP contribution is -2.38. The summed E-state index contributed by atoms with van der Waals surface area (Å²) in [6.07, 6.45) is 0.831. The molecule has 0 atom stereocenters. The zero-order valence-electron chi connectivity index (χ0n) is 11.3. The molecule has 0 unspecified atom stereocenters. The van der Waals surface area contributed by atoms with Gasteiger partial charge >= 0.3 is 6.03 Å². The van der Waals surface area contributed by atoms with Crippen LogP contribution in [0.5, 0.6) is 0 Å². The molecule has 1 aliphatic rings. The second kappa shape index (κ2) is 7.12. The number of hydrogen-bond donors (Lipinski definition) is 3. The van der Waals surface area contributed by atoms with Gasteiger partial charge in [0.05, 0.1) is 12.2 Å². The van der Waals surface area contributed by atoms with Crippen LogP contribution in [0, 0.1) is 0 Å². The molecule has 4 N–H and O–H groups in total. The van der Waals surface area contributed by atoms with Crippen LogP contribution in [0.3, 0.4) is 0 Å². The molecule has 20 heavy (non-hydrogen) atoms. The Labute approximate surface area is 124 Å². The highest BCUT2D eigenvalue weighted by atomic mass is 35.5. The average molecular weight is 299 g/mol. The van der Waals surface area contributed by atoms with Gasteiger partial charge in [-0.25, -0.2) is 4.79 Å². The Kier molecular flexibility index (Phi) is 5.79. The molecule has 2 rings (SSSR count). The molecule has 0 spiro atoms. The second-order valence-electron chi connectivity index (χ2n) is 4.33. The fourth-order valence-corrected chi connectivity index (χ4v) is 2.13. The van der Waals surface area contributed by atoms with Crippen molar-refractivity contribution in [3.63, 3.8) is 0 Å². The summed E-state index contributed by atoms with van der Waals surface area (Å²) in [5.41, 5.74) is 7.88. The molecule has 1 aromatic rings. The highest BCUT2D eigenvalue weighted by molar-refractivity contribution is 5.97. The maximum atomic E-state index is 11.9. The van der Waals surface area contributed by atoms with Crippen molar-refractivity contribution in [2.45, 2.75) is 13.3 Å². The molecule has 0 radical (unpaired) electrons. The third kappa shape index (κ3) is 3.40. The first-order valence-corrected chi connectivity index (χ1v) is 6.34. The molecule has 110 valence electrons. The summed E-state index contributed by atoms with van der Waals surface area (Å²) in [7, 11) is 0. The number of carbonyl (C=O) groups is 2. The van der Waals surface area contributed by atoms with E-state index in [-0.39, 0.29) is 30.9 Å². The smallest absolute Gasteiger partial charge is 0.321 e. The van der Waals surface area contributed by atoms with Crippen LogP contribution in [-0.4, -0.2) is 31.6 Å². The van der Waals surface area contributed by atoms with Gasteiger partial charge < -0.3 is 16.4 Å². The summed E-state index contributed by atoms with van der Waals surface area (Å²) in [5.74, 6) is -0.248. The molecule has 0 saturated carbocycles. The van der Waals surface area contributed by atoms with Crippen molar-refractivity contribution >= 4 is 35.7 Å². The van der Waals surface area contributed by atoms with Crippen LogP contribution in [0.25, 0.3) is 0 Å². The number of anilines is 2. The first kappa shape index (κ1) is 16.3. The number of hydrogen-bond acceptors (Lipinski definition) is 3. The first-order valence-electron chi connectivity index (χ1n) is 6.34. The van der Waals surface area contributed by atoms with Crippen LogP contribution in [-0.2, 0) is 11.2 Å². The van der Waals surface area contributed by atoms with Gasteiger partial charge in [0.2, 0.25) is 5.91 Å². The van der Waals surface area contributed by atoms with Crippen LogP contribution in [0.2, 0.25) is 0 Å². The molecule has 1 aliphatic heterocycles. The quantitative estimate of drug-likeness (QED) is 0.781. The molecular formula is C13H19ClN4O2. The van der Waals surface area contributed by atoms with E-state index in [2.05, 4.69) is 10.6 Å². The van der Waals surface area contributed by atoms with Crippen LogP contribution < -0.4 is 21.3 Å². The number of benzene rings is 1. The lowest BCUT2D eigenvalue weighted by Gasteiger charge is -2.18. The Morgan fingerprint density at radius 2 is 2.15 bits per heavy atom. The van der Waals surface area contributed by atoms with Crippen LogP contribution in [0.1, 0.15) is 12.5 Å². The number of carbonyl (C=O) groups excluding carboxylic acids is 2. The van der Waals surface area contributed by atoms with E-state index >= 15 is 0 Å². The first-order chi connectivity index (χ1) is 9.15. The number of fused-ring (bicyclic) bond motifs is 1. The summed E-state index contributed by atoms with van der Waals surface area (Å²) in [4.78, 5) is 24.9. The normalized spacial score (nSPS) is 12.4. The van der Waals surface area contributed by atoms with Gasteiger partial charge in [-0.05, 0) is 31.0 Å². The van der Waals surface area contributed by atoms with Crippen molar-refractivity contribution in [1.29, 1.82) is 0 Å². The highest BCUT2D eigenvalue weighted by Gasteiger charge is 2.24. The third-order valence-electron chi connectivity index (χ3n) is 3.02. The van der Waals surface area contributed by atoms with Gasteiger partial charge in [-0.15, -0.1) is 12.4 Å². The Morgan fingerprint density at radius 3 is 2.80 bits per heavy atom. The Hall–Kier alpha value is -1.79. The van der Waals surface area contributed by atoms with Gasteiger partial charge in [-0.2, -0.15) is 0 Å². The molecular weight excluding hydrogens is 280 g/mol. The van der Waals surface area contributed by atoms with Gasteiger partial charge in [0.1, 0.15) is 0 Å². The molecule has 0 aromatic heterocycles. The summed E-state index contributed by atoms with van der Waals surface area (Å²) in [6.45, 7) is 3.08. The Morgan fingerprint density at radius 1 is 1.40 bits per heavy atom. The van der Waals surface area contributed by atoms with E-state index < -0.39 is 0 Å². The standard InChI is InChI=1S/C13H18N4O2.ClH/c1-2-15-13(19)17-6-5-9-3-4-10(7-11(9)17)16-12(18)8-14;/h3-4,7H,2,5-6,8,14H2,1H3,(H,15,19)(H,16,18);1H. The second-order valence-corrected chi connectivity index (χ2v) is 4.33. The van der Waals surface area contributed by atoms with E-state index in [1.54, 1.807) is 4.90 Å².